The molecule has 1 aliphatic rings. The van der Waals surface area contributed by atoms with Gasteiger partial charge in [0.15, 0.2) is 0 Å². The van der Waals surface area contributed by atoms with E-state index in [1.54, 1.807) is 11.9 Å². The number of halogens is 1. The highest BCUT2D eigenvalue weighted by molar-refractivity contribution is 7.16. The Morgan fingerprint density at radius 3 is 2.72 bits per heavy atom. The number of thiophene rings is 1. The van der Waals surface area contributed by atoms with Crippen LogP contribution in [-0.2, 0) is 11.3 Å². The van der Waals surface area contributed by atoms with E-state index in [0.717, 1.165) is 34.9 Å². The van der Waals surface area contributed by atoms with Gasteiger partial charge in [-0.1, -0.05) is 24.4 Å². The zero-order chi connectivity index (χ0) is 13.2. The van der Waals surface area contributed by atoms with Gasteiger partial charge in [0.05, 0.1) is 22.9 Å². The molecule has 3 nitrogen and oxygen atoms in total. The molecule has 0 spiro atoms. The molecule has 100 valence electrons. The summed E-state index contributed by atoms with van der Waals surface area (Å²) in [5.41, 5.74) is -0.765. The number of aliphatic hydroxyl groups is 1. The molecule has 0 bridgehead atoms. The van der Waals surface area contributed by atoms with Gasteiger partial charge in [0.1, 0.15) is 0 Å². The normalized spacial score (nSPS) is 17.9. The minimum absolute atomic E-state index is 0.00363. The molecule has 1 heterocycles. The van der Waals surface area contributed by atoms with Gasteiger partial charge >= 0.3 is 0 Å². The number of rotatable bonds is 4. The molecular formula is C13H18ClNO2S. The Morgan fingerprint density at radius 1 is 1.50 bits per heavy atom. The van der Waals surface area contributed by atoms with E-state index in [1.807, 2.05) is 12.1 Å². The Bertz CT molecular complexity index is 426. The predicted molar refractivity (Wildman–Crippen MR) is 73.8 cm³/mol. The van der Waals surface area contributed by atoms with Crippen LogP contribution in [0.5, 0.6) is 0 Å². The van der Waals surface area contributed by atoms with Gasteiger partial charge in [-0.05, 0) is 25.0 Å². The first-order valence-electron chi connectivity index (χ1n) is 6.19. The van der Waals surface area contributed by atoms with E-state index in [0.29, 0.717) is 6.54 Å². The quantitative estimate of drug-likeness (QED) is 0.925. The van der Waals surface area contributed by atoms with Crippen molar-refractivity contribution in [2.45, 2.75) is 44.2 Å². The van der Waals surface area contributed by atoms with Crippen molar-refractivity contribution >= 4 is 28.8 Å². The van der Waals surface area contributed by atoms with E-state index in [1.165, 1.54) is 11.3 Å². The summed E-state index contributed by atoms with van der Waals surface area (Å²) in [5.74, 6) is 0.00363. The Kier molecular flexibility index (Phi) is 4.30. The molecule has 1 fully saturated rings. The zero-order valence-electron chi connectivity index (χ0n) is 10.5. The van der Waals surface area contributed by atoms with Crippen molar-refractivity contribution in [3.05, 3.63) is 21.3 Å². The second-order valence-electron chi connectivity index (χ2n) is 5.06. The van der Waals surface area contributed by atoms with Crippen molar-refractivity contribution < 1.29 is 9.90 Å². The average molecular weight is 288 g/mol. The summed E-state index contributed by atoms with van der Waals surface area (Å²) in [7, 11) is 1.77. The number of hydrogen-bond acceptors (Lipinski definition) is 3. The molecule has 5 heteroatoms. The summed E-state index contributed by atoms with van der Waals surface area (Å²) >= 11 is 7.34. The van der Waals surface area contributed by atoms with Crippen LogP contribution in [0.3, 0.4) is 0 Å². The molecule has 0 unspecified atom stereocenters. The summed E-state index contributed by atoms with van der Waals surface area (Å²) in [5, 5.41) is 10.2. The minimum Gasteiger partial charge on any atom is -0.389 e. The van der Waals surface area contributed by atoms with E-state index in [4.69, 9.17) is 11.6 Å². The largest absolute Gasteiger partial charge is 0.389 e. The topological polar surface area (TPSA) is 40.5 Å². The van der Waals surface area contributed by atoms with Gasteiger partial charge in [-0.25, -0.2) is 0 Å². The van der Waals surface area contributed by atoms with Gasteiger partial charge in [0.2, 0.25) is 5.91 Å². The van der Waals surface area contributed by atoms with Crippen molar-refractivity contribution in [3.63, 3.8) is 0 Å². The molecule has 0 atom stereocenters. The fourth-order valence-corrected chi connectivity index (χ4v) is 3.53. The second kappa shape index (κ2) is 5.59. The third kappa shape index (κ3) is 3.46. The smallest absolute Gasteiger partial charge is 0.225 e. The molecule has 18 heavy (non-hydrogen) atoms. The van der Waals surface area contributed by atoms with Gasteiger partial charge in [0, 0.05) is 11.9 Å². The van der Waals surface area contributed by atoms with Crippen LogP contribution in [-0.4, -0.2) is 28.6 Å². The molecule has 0 saturated heterocycles. The number of nitrogens with zero attached hydrogens (tertiary/aromatic N) is 1. The van der Waals surface area contributed by atoms with Crippen molar-refractivity contribution in [1.29, 1.82) is 0 Å². The minimum atomic E-state index is -0.765. The Balaban J connectivity index is 1.88. The van der Waals surface area contributed by atoms with Gasteiger partial charge in [-0.15, -0.1) is 11.3 Å². The average Bonchev–Trinajstić information content (AvgIpc) is 2.88. The number of amides is 1. The summed E-state index contributed by atoms with van der Waals surface area (Å²) in [6.07, 6.45) is 3.78. The first kappa shape index (κ1) is 13.8. The molecule has 1 N–H and O–H groups in total. The fourth-order valence-electron chi connectivity index (χ4n) is 2.38. The maximum atomic E-state index is 12.1. The lowest BCUT2D eigenvalue weighted by atomic mass is 9.97. The lowest BCUT2D eigenvalue weighted by molar-refractivity contribution is -0.135. The highest BCUT2D eigenvalue weighted by Gasteiger charge is 2.34. The van der Waals surface area contributed by atoms with Crippen LogP contribution in [0.2, 0.25) is 4.34 Å². The van der Waals surface area contributed by atoms with Gasteiger partial charge < -0.3 is 10.0 Å². The highest BCUT2D eigenvalue weighted by Crippen LogP contribution is 2.33. The highest BCUT2D eigenvalue weighted by atomic mass is 35.5. The van der Waals surface area contributed by atoms with Crippen LogP contribution in [0.4, 0.5) is 0 Å². The Hall–Kier alpha value is -0.580. The third-order valence-corrected chi connectivity index (χ3v) is 4.68. The zero-order valence-corrected chi connectivity index (χ0v) is 12.1. The van der Waals surface area contributed by atoms with Crippen LogP contribution in [0.1, 0.15) is 37.0 Å². The summed E-state index contributed by atoms with van der Waals surface area (Å²) in [6, 6.07) is 3.77. The van der Waals surface area contributed by atoms with Crippen molar-refractivity contribution in [2.75, 3.05) is 7.05 Å². The lowest BCUT2D eigenvalue weighted by Gasteiger charge is -2.25. The number of carbonyl (C=O) groups excluding carboxylic acids is 1. The predicted octanol–water partition coefficient (Wildman–Crippen LogP) is 3.06. The van der Waals surface area contributed by atoms with Gasteiger partial charge in [-0.3, -0.25) is 4.79 Å². The molecule has 1 aromatic heterocycles. The van der Waals surface area contributed by atoms with Gasteiger partial charge in [-0.2, -0.15) is 0 Å². The molecule has 1 aromatic rings. The summed E-state index contributed by atoms with van der Waals surface area (Å²) < 4.78 is 0.736. The van der Waals surface area contributed by atoms with Crippen LogP contribution in [0, 0.1) is 0 Å². The van der Waals surface area contributed by atoms with Crippen LogP contribution in [0.25, 0.3) is 0 Å². The maximum Gasteiger partial charge on any atom is 0.225 e. The fraction of sp³-hybridized carbons (Fsp3) is 0.615. The Morgan fingerprint density at radius 2 is 2.17 bits per heavy atom. The summed E-state index contributed by atoms with van der Waals surface area (Å²) in [6.45, 7) is 0.562. The molecular weight excluding hydrogens is 270 g/mol. The van der Waals surface area contributed by atoms with Crippen molar-refractivity contribution in [1.82, 2.24) is 4.90 Å². The molecule has 0 radical (unpaired) electrons. The standard InChI is InChI=1S/C13H18ClNO2S/c1-15(9-10-4-5-11(14)18-10)12(16)8-13(17)6-2-3-7-13/h4-5,17H,2-3,6-9H2,1H3. The first-order valence-corrected chi connectivity index (χ1v) is 7.38. The molecule has 0 aliphatic heterocycles. The van der Waals surface area contributed by atoms with Crippen LogP contribution >= 0.6 is 22.9 Å². The SMILES string of the molecule is CN(Cc1ccc(Cl)s1)C(=O)CC1(O)CCCC1. The van der Waals surface area contributed by atoms with Crippen LogP contribution in [0.15, 0.2) is 12.1 Å². The number of hydrogen-bond donors (Lipinski definition) is 1. The van der Waals surface area contributed by atoms with E-state index in [-0.39, 0.29) is 12.3 Å². The van der Waals surface area contributed by atoms with Crippen molar-refractivity contribution in [3.8, 4) is 0 Å². The number of carbonyl (C=O) groups is 1. The molecule has 2 rings (SSSR count). The second-order valence-corrected chi connectivity index (χ2v) is 6.86. The van der Waals surface area contributed by atoms with Crippen molar-refractivity contribution in [2.24, 2.45) is 0 Å². The summed E-state index contributed by atoms with van der Waals surface area (Å²) in [4.78, 5) is 14.8. The first-order chi connectivity index (χ1) is 8.48. The lowest BCUT2D eigenvalue weighted by Crippen LogP contribution is -2.35. The van der Waals surface area contributed by atoms with Crippen LogP contribution < -0.4 is 0 Å². The monoisotopic (exact) mass is 287 g/mol. The maximum absolute atomic E-state index is 12.1. The van der Waals surface area contributed by atoms with E-state index in [2.05, 4.69) is 0 Å². The van der Waals surface area contributed by atoms with E-state index in [9.17, 15) is 9.90 Å². The molecule has 1 amide bonds. The third-order valence-electron chi connectivity index (χ3n) is 3.46. The van der Waals surface area contributed by atoms with E-state index < -0.39 is 5.60 Å². The van der Waals surface area contributed by atoms with E-state index >= 15 is 0 Å². The Labute approximate surface area is 116 Å². The molecule has 1 aliphatic carbocycles. The van der Waals surface area contributed by atoms with Gasteiger partial charge in [0.25, 0.3) is 0 Å². The molecule has 0 aromatic carbocycles. The molecule has 1 saturated carbocycles.